The zero-order chi connectivity index (χ0) is 11.8. The maximum Gasteiger partial charge on any atom is 0.0397 e. The van der Waals surface area contributed by atoms with Crippen molar-refractivity contribution in [2.75, 3.05) is 18.0 Å². The van der Waals surface area contributed by atoms with Crippen LogP contribution in [0.2, 0.25) is 0 Å². The Labute approximate surface area is 112 Å². The number of anilines is 1. The summed E-state index contributed by atoms with van der Waals surface area (Å²) in [7, 11) is 0. The molecule has 2 fully saturated rings. The number of benzene rings is 1. The van der Waals surface area contributed by atoms with Crippen molar-refractivity contribution in [1.82, 2.24) is 5.32 Å². The molecule has 1 aliphatic carbocycles. The summed E-state index contributed by atoms with van der Waals surface area (Å²) in [6.07, 6.45) is 4.05. The van der Waals surface area contributed by atoms with Crippen molar-refractivity contribution in [1.29, 1.82) is 0 Å². The van der Waals surface area contributed by atoms with Gasteiger partial charge in [0, 0.05) is 35.3 Å². The molecule has 1 saturated heterocycles. The van der Waals surface area contributed by atoms with Crippen molar-refractivity contribution < 1.29 is 0 Å². The normalized spacial score (nSPS) is 24.4. The lowest BCUT2D eigenvalue weighted by atomic mass is 10.2. The fourth-order valence-corrected chi connectivity index (χ4v) is 3.15. The van der Waals surface area contributed by atoms with Crippen LogP contribution in [0.25, 0.3) is 0 Å². The average Bonchev–Trinajstić information content (AvgIpc) is 2.96. The van der Waals surface area contributed by atoms with Gasteiger partial charge in [-0.15, -0.1) is 0 Å². The van der Waals surface area contributed by atoms with Crippen LogP contribution in [0.1, 0.15) is 24.8 Å². The zero-order valence-corrected chi connectivity index (χ0v) is 11.8. The van der Waals surface area contributed by atoms with E-state index in [-0.39, 0.29) is 0 Å². The Bertz CT molecular complexity index is 415. The van der Waals surface area contributed by atoms with E-state index in [1.165, 1.54) is 48.1 Å². The number of hydrogen-bond acceptors (Lipinski definition) is 2. The average molecular weight is 295 g/mol. The highest BCUT2D eigenvalue weighted by Crippen LogP contribution is 2.28. The van der Waals surface area contributed by atoms with Crippen LogP contribution in [-0.4, -0.2) is 25.2 Å². The van der Waals surface area contributed by atoms with E-state index in [0.717, 1.165) is 6.04 Å². The Morgan fingerprint density at radius 3 is 2.76 bits per heavy atom. The van der Waals surface area contributed by atoms with Gasteiger partial charge >= 0.3 is 0 Å². The summed E-state index contributed by atoms with van der Waals surface area (Å²) in [5.74, 6) is 0. The van der Waals surface area contributed by atoms with E-state index in [2.05, 4.69) is 51.3 Å². The number of hydrogen-bond donors (Lipinski definition) is 1. The van der Waals surface area contributed by atoms with E-state index >= 15 is 0 Å². The lowest BCUT2D eigenvalue weighted by molar-refractivity contribution is 0.548. The van der Waals surface area contributed by atoms with Gasteiger partial charge in [0.1, 0.15) is 0 Å². The quantitative estimate of drug-likeness (QED) is 0.922. The smallest absolute Gasteiger partial charge is 0.0397 e. The molecule has 1 aromatic rings. The lowest BCUT2D eigenvalue weighted by Crippen LogP contribution is -2.34. The van der Waals surface area contributed by atoms with Gasteiger partial charge < -0.3 is 10.2 Å². The van der Waals surface area contributed by atoms with Gasteiger partial charge in [-0.2, -0.15) is 0 Å². The molecule has 1 heterocycles. The molecule has 0 aromatic heterocycles. The molecular weight excluding hydrogens is 276 g/mol. The van der Waals surface area contributed by atoms with E-state index in [1.54, 1.807) is 0 Å². The highest BCUT2D eigenvalue weighted by molar-refractivity contribution is 9.10. The molecule has 1 aliphatic heterocycles. The van der Waals surface area contributed by atoms with Crippen LogP contribution < -0.4 is 10.2 Å². The molecule has 92 valence electrons. The summed E-state index contributed by atoms with van der Waals surface area (Å²) in [5.41, 5.74) is 2.76. The molecule has 1 N–H and O–H groups in total. The van der Waals surface area contributed by atoms with Crippen LogP contribution in [0.5, 0.6) is 0 Å². The van der Waals surface area contributed by atoms with Gasteiger partial charge in [-0.3, -0.25) is 0 Å². The minimum Gasteiger partial charge on any atom is -0.370 e. The highest BCUT2D eigenvalue weighted by Gasteiger charge is 2.29. The Hall–Kier alpha value is -0.540. The maximum absolute atomic E-state index is 3.73. The van der Waals surface area contributed by atoms with Crippen LogP contribution in [0.15, 0.2) is 22.7 Å². The summed E-state index contributed by atoms with van der Waals surface area (Å²) in [6, 6.07) is 8.11. The topological polar surface area (TPSA) is 15.3 Å². The Morgan fingerprint density at radius 1 is 1.24 bits per heavy atom. The third-order valence-corrected chi connectivity index (χ3v) is 4.23. The van der Waals surface area contributed by atoms with Crippen LogP contribution in [-0.2, 0) is 0 Å². The summed E-state index contributed by atoms with van der Waals surface area (Å²) in [6.45, 7) is 4.55. The summed E-state index contributed by atoms with van der Waals surface area (Å²) in [4.78, 5) is 2.52. The molecule has 3 heteroatoms. The van der Waals surface area contributed by atoms with Gasteiger partial charge in [0.25, 0.3) is 0 Å². The molecule has 1 saturated carbocycles. The second kappa shape index (κ2) is 4.62. The van der Waals surface area contributed by atoms with Gasteiger partial charge in [0.05, 0.1) is 0 Å². The van der Waals surface area contributed by atoms with Crippen LogP contribution in [0, 0.1) is 6.92 Å². The van der Waals surface area contributed by atoms with Crippen molar-refractivity contribution in [2.24, 2.45) is 0 Å². The number of aryl methyl sites for hydroxylation is 1. The molecule has 1 unspecified atom stereocenters. The molecule has 0 radical (unpaired) electrons. The summed E-state index contributed by atoms with van der Waals surface area (Å²) in [5, 5.41) is 3.73. The van der Waals surface area contributed by atoms with Crippen LogP contribution in [0.3, 0.4) is 0 Å². The monoisotopic (exact) mass is 294 g/mol. The van der Waals surface area contributed by atoms with E-state index in [0.29, 0.717) is 6.04 Å². The molecule has 0 spiro atoms. The predicted molar refractivity (Wildman–Crippen MR) is 75.7 cm³/mol. The third-order valence-electron chi connectivity index (χ3n) is 3.74. The third kappa shape index (κ3) is 2.66. The fraction of sp³-hybridized carbons (Fsp3) is 0.571. The van der Waals surface area contributed by atoms with E-state index in [1.807, 2.05) is 0 Å². The van der Waals surface area contributed by atoms with Gasteiger partial charge in [-0.05, 0) is 49.9 Å². The first-order valence-electron chi connectivity index (χ1n) is 6.49. The lowest BCUT2D eigenvalue weighted by Gasteiger charge is -2.21. The molecule has 0 amide bonds. The predicted octanol–water partition coefficient (Wildman–Crippen LogP) is 3.09. The first-order chi connectivity index (χ1) is 8.22. The summed E-state index contributed by atoms with van der Waals surface area (Å²) >= 11 is 3.53. The first-order valence-corrected chi connectivity index (χ1v) is 7.29. The van der Waals surface area contributed by atoms with E-state index < -0.39 is 0 Å². The first kappa shape index (κ1) is 11.5. The molecule has 2 nitrogen and oxygen atoms in total. The molecular formula is C14H19BrN2. The molecule has 1 aromatic carbocycles. The molecule has 0 bridgehead atoms. The maximum atomic E-state index is 3.73. The molecule has 1 atom stereocenters. The number of nitrogens with zero attached hydrogens (tertiary/aromatic N) is 1. The zero-order valence-electron chi connectivity index (χ0n) is 10.2. The van der Waals surface area contributed by atoms with Gasteiger partial charge in [0.2, 0.25) is 0 Å². The van der Waals surface area contributed by atoms with E-state index in [4.69, 9.17) is 0 Å². The molecule has 3 rings (SSSR count). The SMILES string of the molecule is Cc1cc(Br)ccc1N1CCC(NC2CC2)C1. The van der Waals surface area contributed by atoms with Crippen molar-refractivity contribution in [3.05, 3.63) is 28.2 Å². The van der Waals surface area contributed by atoms with Crippen molar-refractivity contribution in [3.8, 4) is 0 Å². The number of halogens is 1. The van der Waals surface area contributed by atoms with Crippen molar-refractivity contribution in [2.45, 2.75) is 38.3 Å². The largest absolute Gasteiger partial charge is 0.370 e. The number of nitrogens with one attached hydrogen (secondary N) is 1. The van der Waals surface area contributed by atoms with Gasteiger partial charge in [-0.25, -0.2) is 0 Å². The van der Waals surface area contributed by atoms with Crippen molar-refractivity contribution in [3.63, 3.8) is 0 Å². The van der Waals surface area contributed by atoms with Gasteiger partial charge in [0.15, 0.2) is 0 Å². The number of rotatable bonds is 3. The van der Waals surface area contributed by atoms with Crippen molar-refractivity contribution >= 4 is 21.6 Å². The molecule has 17 heavy (non-hydrogen) atoms. The minimum atomic E-state index is 0.700. The Morgan fingerprint density at radius 2 is 2.06 bits per heavy atom. The van der Waals surface area contributed by atoms with Crippen LogP contribution >= 0.6 is 15.9 Å². The Balaban J connectivity index is 1.68. The van der Waals surface area contributed by atoms with Gasteiger partial charge in [-0.1, -0.05) is 15.9 Å². The van der Waals surface area contributed by atoms with Crippen LogP contribution in [0.4, 0.5) is 5.69 Å². The fourth-order valence-electron chi connectivity index (χ4n) is 2.67. The Kier molecular flexibility index (Phi) is 3.14. The second-order valence-electron chi connectivity index (χ2n) is 5.30. The molecule has 2 aliphatic rings. The second-order valence-corrected chi connectivity index (χ2v) is 6.22. The summed E-state index contributed by atoms with van der Waals surface area (Å²) < 4.78 is 1.17. The minimum absolute atomic E-state index is 0.700. The highest BCUT2D eigenvalue weighted by atomic mass is 79.9. The van der Waals surface area contributed by atoms with E-state index in [9.17, 15) is 0 Å². The standard InChI is InChI=1S/C14H19BrN2/c1-10-8-11(15)2-5-14(10)17-7-6-13(9-17)16-12-3-4-12/h2,5,8,12-13,16H,3-4,6-7,9H2,1H3.